The molecule has 1 aliphatic heterocycles. The molecule has 14 nitrogen and oxygen atoms in total. The second-order valence-corrected chi connectivity index (χ2v) is 25.0. The van der Waals surface area contributed by atoms with E-state index in [1.165, 1.54) is 0 Å². The number of nitrogens with one attached hydrogen (secondary N) is 2. The van der Waals surface area contributed by atoms with Gasteiger partial charge in [-0.3, -0.25) is 14.6 Å². The number of likely N-dealkylation sites (N-methyl/N-ethyl adjacent to an activating group) is 1. The molecule has 308 valence electrons. The number of halogens is 3. The third-order valence-corrected chi connectivity index (χ3v) is 13.1. The van der Waals surface area contributed by atoms with E-state index in [9.17, 15) is 17.7 Å². The number of nitrogens with zero attached hydrogens (tertiary/aromatic N) is 9. The van der Waals surface area contributed by atoms with Crippen molar-refractivity contribution < 1.29 is 27.2 Å². The number of benzene rings is 2. The molecule has 0 atom stereocenters. The summed E-state index contributed by atoms with van der Waals surface area (Å²) >= 11 is 0. The summed E-state index contributed by atoms with van der Waals surface area (Å²) in [6.07, 6.45) is 3.99. The van der Waals surface area contributed by atoms with Gasteiger partial charge in [-0.25, -0.2) is 0 Å². The minimum absolute atomic E-state index is 0.0181. The van der Waals surface area contributed by atoms with Gasteiger partial charge in [-0.1, -0.05) is 19.6 Å². The Labute approximate surface area is 336 Å². The number of ether oxygens (including phenoxy) is 2. The van der Waals surface area contributed by atoms with Gasteiger partial charge in [0.1, 0.15) is 36.6 Å². The van der Waals surface area contributed by atoms with Crippen LogP contribution in [0.3, 0.4) is 0 Å². The maximum Gasteiger partial charge on any atom is 0.422 e. The minimum Gasteiger partial charge on any atom is -0.482 e. The zero-order valence-corrected chi connectivity index (χ0v) is 35.7. The van der Waals surface area contributed by atoms with Gasteiger partial charge in [0.25, 0.3) is 0 Å². The van der Waals surface area contributed by atoms with Crippen molar-refractivity contribution in [3.05, 3.63) is 61.3 Å². The molecule has 0 unspecified atom stereocenters. The Kier molecular flexibility index (Phi) is 11.6. The molecule has 6 aromatic rings. The highest BCUT2D eigenvalue weighted by Crippen LogP contribution is 2.43. The van der Waals surface area contributed by atoms with Crippen molar-refractivity contribution in [2.24, 2.45) is 7.05 Å². The summed E-state index contributed by atoms with van der Waals surface area (Å²) in [7, 11) is -0.446. The summed E-state index contributed by atoms with van der Waals surface area (Å²) in [6.45, 7) is 12.4. The second kappa shape index (κ2) is 16.3. The highest BCUT2D eigenvalue weighted by Gasteiger charge is 2.30. The van der Waals surface area contributed by atoms with Crippen molar-refractivity contribution in [3.63, 3.8) is 0 Å². The van der Waals surface area contributed by atoms with Gasteiger partial charge >= 0.3 is 6.18 Å². The Morgan fingerprint density at radius 3 is 2.40 bits per heavy atom. The topological polar surface area (TPSA) is 140 Å². The highest BCUT2D eigenvalue weighted by atomic mass is 31.2. The zero-order chi connectivity index (χ0) is 41.4. The van der Waals surface area contributed by atoms with Crippen molar-refractivity contribution in [2.45, 2.75) is 38.6 Å². The molecule has 19 heteroatoms. The number of hydrogen-bond donors (Lipinski definition) is 2. The van der Waals surface area contributed by atoms with E-state index < -0.39 is 28.0 Å². The first kappa shape index (κ1) is 41.1. The third kappa shape index (κ3) is 9.63. The van der Waals surface area contributed by atoms with Crippen LogP contribution in [0, 0.1) is 0 Å². The molecule has 0 aliphatic carbocycles. The van der Waals surface area contributed by atoms with E-state index in [1.807, 2.05) is 37.1 Å². The van der Waals surface area contributed by atoms with Crippen molar-refractivity contribution in [1.82, 2.24) is 39.2 Å². The second-order valence-electron chi connectivity index (χ2n) is 16.2. The molecule has 0 amide bonds. The molecule has 0 saturated carbocycles. The van der Waals surface area contributed by atoms with Crippen LogP contribution in [0.15, 0.2) is 61.3 Å². The van der Waals surface area contributed by atoms with Crippen LogP contribution in [0.5, 0.6) is 5.75 Å². The number of rotatable bonds is 14. The van der Waals surface area contributed by atoms with Crippen molar-refractivity contribution in [2.75, 3.05) is 75.3 Å². The number of aromatic nitrogens is 7. The molecule has 5 heterocycles. The van der Waals surface area contributed by atoms with Gasteiger partial charge in [0.15, 0.2) is 6.61 Å². The normalized spacial score (nSPS) is 14.4. The van der Waals surface area contributed by atoms with Gasteiger partial charge in [-0.15, -0.1) is 0 Å². The average molecular weight is 836 g/mol. The molecule has 0 radical (unpaired) electrons. The quantitative estimate of drug-likeness (QED) is 0.0638. The van der Waals surface area contributed by atoms with Gasteiger partial charge in [0.2, 0.25) is 5.95 Å². The predicted octanol–water partition coefficient (Wildman–Crippen LogP) is 7.52. The van der Waals surface area contributed by atoms with Crippen LogP contribution in [0.2, 0.25) is 25.7 Å². The van der Waals surface area contributed by atoms with E-state index in [4.69, 9.17) is 19.4 Å². The fourth-order valence-corrected chi connectivity index (χ4v) is 8.97. The summed E-state index contributed by atoms with van der Waals surface area (Å²) in [5, 5.41) is 12.2. The van der Waals surface area contributed by atoms with Gasteiger partial charge in [-0.2, -0.15) is 28.2 Å². The summed E-state index contributed by atoms with van der Waals surface area (Å²) in [4.78, 5) is 23.1. The third-order valence-electron chi connectivity index (χ3n) is 9.85. The SMILES string of the molecule is CN1CCN(c2cc(OCC(F)(F)F)c(Nc3nc(Nc4ccc5nccnc5c4P(C)(C)=O)c4ccn(COCC[Si](C)(C)C)c4n3)cc2-c2cnn(C)c2)CC1. The van der Waals surface area contributed by atoms with E-state index in [0.717, 1.165) is 35.9 Å². The summed E-state index contributed by atoms with van der Waals surface area (Å²) in [5.74, 6) is 0.428. The van der Waals surface area contributed by atoms with E-state index in [2.05, 4.69) is 55.1 Å². The molecule has 0 bridgehead atoms. The van der Waals surface area contributed by atoms with Gasteiger partial charge < -0.3 is 39.0 Å². The Morgan fingerprint density at radius 2 is 1.71 bits per heavy atom. The van der Waals surface area contributed by atoms with Gasteiger partial charge in [0.05, 0.1) is 33.8 Å². The average Bonchev–Trinajstić information content (AvgIpc) is 3.77. The van der Waals surface area contributed by atoms with Crippen molar-refractivity contribution in [3.8, 4) is 16.9 Å². The predicted molar refractivity (Wildman–Crippen MR) is 227 cm³/mol. The number of anilines is 5. The number of aryl methyl sites for hydroxylation is 1. The molecule has 0 spiro atoms. The molecule has 2 aromatic carbocycles. The van der Waals surface area contributed by atoms with Crippen LogP contribution in [0.1, 0.15) is 0 Å². The Hall–Kier alpha value is -5.03. The summed E-state index contributed by atoms with van der Waals surface area (Å²) in [5.41, 5.74) is 4.61. The van der Waals surface area contributed by atoms with E-state index in [0.29, 0.717) is 58.6 Å². The highest BCUT2D eigenvalue weighted by molar-refractivity contribution is 7.71. The maximum atomic E-state index is 13.8. The van der Waals surface area contributed by atoms with Crippen molar-refractivity contribution >= 4 is 71.4 Å². The van der Waals surface area contributed by atoms with Crippen LogP contribution in [-0.2, 0) is 23.1 Å². The van der Waals surface area contributed by atoms with E-state index in [-0.39, 0.29) is 24.1 Å². The molecule has 1 fully saturated rings. The van der Waals surface area contributed by atoms with E-state index >= 15 is 0 Å². The number of alkyl halides is 3. The van der Waals surface area contributed by atoms with Gasteiger partial charge in [0, 0.05) is 95.6 Å². The monoisotopic (exact) mass is 835 g/mol. The molecule has 7 rings (SSSR count). The molecular weight excluding hydrogens is 787 g/mol. The van der Waals surface area contributed by atoms with Crippen LogP contribution in [-0.4, -0.2) is 113 Å². The smallest absolute Gasteiger partial charge is 0.422 e. The molecular formula is C39H49F3N11O3PSi. The Bertz CT molecular complexity index is 2470. The van der Waals surface area contributed by atoms with E-state index in [1.54, 1.807) is 60.9 Å². The number of hydrogen-bond acceptors (Lipinski definition) is 12. The molecule has 2 N–H and O–H groups in total. The molecule has 1 aliphatic rings. The Morgan fingerprint density at radius 1 is 0.948 bits per heavy atom. The lowest BCUT2D eigenvalue weighted by Crippen LogP contribution is -2.44. The minimum atomic E-state index is -4.59. The first-order valence-electron chi connectivity index (χ1n) is 19.0. The largest absolute Gasteiger partial charge is 0.482 e. The fraction of sp³-hybridized carbons (Fsp3) is 0.410. The lowest BCUT2D eigenvalue weighted by molar-refractivity contribution is -0.153. The maximum absolute atomic E-state index is 13.8. The first-order valence-corrected chi connectivity index (χ1v) is 25.3. The van der Waals surface area contributed by atoms with Crippen molar-refractivity contribution in [1.29, 1.82) is 0 Å². The number of piperazine rings is 1. The lowest BCUT2D eigenvalue weighted by atomic mass is 10.0. The lowest BCUT2D eigenvalue weighted by Gasteiger charge is -2.35. The summed E-state index contributed by atoms with van der Waals surface area (Å²) < 4.78 is 70.3. The number of fused-ring (bicyclic) bond motifs is 2. The van der Waals surface area contributed by atoms with Crippen LogP contribution >= 0.6 is 7.14 Å². The standard InChI is InChI=1S/C39H49F3N11O3PSi/c1-50-14-16-52(17-15-50)32-21-33(56-24-39(40,41)42)31(20-28(32)26-22-45-51(2)23-26)47-38-48-36(27-10-13-53(37(27)49-38)25-55-18-19-58(5,6)7)46-30-9-8-29-34(44-12-11-43-29)35(30)57(3,4)54/h8-13,20-23H,14-19,24-25H2,1-7H3,(H2,46,47,48,49). The van der Waals surface area contributed by atoms with Gasteiger partial charge in [-0.05, 0) is 50.7 Å². The Balaban J connectivity index is 1.36. The van der Waals surface area contributed by atoms with Crippen LogP contribution < -0.4 is 25.6 Å². The van der Waals surface area contributed by atoms with Crippen LogP contribution in [0.4, 0.5) is 42.0 Å². The molecule has 1 saturated heterocycles. The molecule has 4 aromatic heterocycles. The summed E-state index contributed by atoms with van der Waals surface area (Å²) in [6, 6.07) is 9.85. The fourth-order valence-electron chi connectivity index (χ4n) is 6.82. The molecule has 58 heavy (non-hydrogen) atoms. The first-order chi connectivity index (χ1) is 27.4. The zero-order valence-electron chi connectivity index (χ0n) is 33.8. The van der Waals surface area contributed by atoms with Crippen LogP contribution in [0.25, 0.3) is 33.2 Å².